The third kappa shape index (κ3) is 3.04. The van der Waals surface area contributed by atoms with E-state index < -0.39 is 23.1 Å². The number of carbonyl (C=O) groups is 1. The summed E-state index contributed by atoms with van der Waals surface area (Å²) in [6.45, 7) is 0. The molecule has 0 atom stereocenters. The zero-order valence-corrected chi connectivity index (χ0v) is 12.2. The molecule has 0 amide bonds. The number of benzene rings is 2. The van der Waals surface area contributed by atoms with E-state index in [4.69, 9.17) is 11.6 Å². The summed E-state index contributed by atoms with van der Waals surface area (Å²) >= 11 is 9.01. The molecule has 0 aromatic heterocycles. The first kappa shape index (κ1) is 15.1. The van der Waals surface area contributed by atoms with E-state index in [1.807, 2.05) is 0 Å². The van der Waals surface area contributed by atoms with Gasteiger partial charge in [0.05, 0.1) is 10.6 Å². The zero-order valence-electron chi connectivity index (χ0n) is 9.84. The van der Waals surface area contributed by atoms with Crippen molar-refractivity contribution in [3.8, 4) is 0 Å². The molecule has 0 N–H and O–H groups in total. The van der Waals surface area contributed by atoms with E-state index in [1.54, 1.807) is 0 Å². The fourth-order valence-corrected chi connectivity index (χ4v) is 2.15. The first-order chi connectivity index (χ1) is 9.30. The summed E-state index contributed by atoms with van der Waals surface area (Å²) < 4.78 is 39.2. The van der Waals surface area contributed by atoms with Crippen LogP contribution in [0.2, 0.25) is 5.02 Å². The quantitative estimate of drug-likeness (QED) is 0.657. The Balaban J connectivity index is 2.51. The molecule has 0 aliphatic heterocycles. The third-order valence-electron chi connectivity index (χ3n) is 2.66. The van der Waals surface area contributed by atoms with Gasteiger partial charge in [-0.25, -0.2) is 0 Å². The molecule has 2 rings (SSSR count). The van der Waals surface area contributed by atoms with E-state index in [1.165, 1.54) is 30.3 Å². The van der Waals surface area contributed by atoms with Crippen LogP contribution in [0.3, 0.4) is 0 Å². The van der Waals surface area contributed by atoms with Crippen LogP contribution < -0.4 is 0 Å². The van der Waals surface area contributed by atoms with Gasteiger partial charge in [0.25, 0.3) is 0 Å². The van der Waals surface area contributed by atoms with Gasteiger partial charge in [0.2, 0.25) is 0 Å². The van der Waals surface area contributed by atoms with Crippen LogP contribution in [0, 0.1) is 0 Å². The molecular formula is C14H7BrClF3O. The van der Waals surface area contributed by atoms with E-state index in [0.717, 1.165) is 12.1 Å². The Morgan fingerprint density at radius 3 is 2.35 bits per heavy atom. The maximum absolute atomic E-state index is 12.9. The van der Waals surface area contributed by atoms with Gasteiger partial charge < -0.3 is 0 Å². The van der Waals surface area contributed by atoms with E-state index in [9.17, 15) is 18.0 Å². The van der Waals surface area contributed by atoms with Crippen LogP contribution in [0.5, 0.6) is 0 Å². The van der Waals surface area contributed by atoms with E-state index in [-0.39, 0.29) is 10.6 Å². The topological polar surface area (TPSA) is 17.1 Å². The number of halogens is 5. The van der Waals surface area contributed by atoms with Gasteiger partial charge in [0, 0.05) is 15.6 Å². The molecule has 1 nitrogen and oxygen atoms in total. The van der Waals surface area contributed by atoms with E-state index in [2.05, 4.69) is 15.9 Å². The summed E-state index contributed by atoms with van der Waals surface area (Å²) in [5.41, 5.74) is -1.24. The highest BCUT2D eigenvalue weighted by molar-refractivity contribution is 9.10. The largest absolute Gasteiger partial charge is 0.417 e. The summed E-state index contributed by atoms with van der Waals surface area (Å²) in [6.07, 6.45) is -4.58. The lowest BCUT2D eigenvalue weighted by atomic mass is 9.98. The van der Waals surface area contributed by atoms with Crippen molar-refractivity contribution in [3.05, 3.63) is 68.7 Å². The Labute approximate surface area is 126 Å². The molecule has 104 valence electrons. The molecule has 0 fully saturated rings. The zero-order chi connectivity index (χ0) is 14.9. The number of ketones is 1. The van der Waals surface area contributed by atoms with Gasteiger partial charge in [0.1, 0.15) is 0 Å². The van der Waals surface area contributed by atoms with Crippen LogP contribution in [0.15, 0.2) is 46.9 Å². The lowest BCUT2D eigenvalue weighted by Crippen LogP contribution is -2.13. The summed E-state index contributed by atoms with van der Waals surface area (Å²) in [5.74, 6) is -0.715. The maximum atomic E-state index is 12.9. The second kappa shape index (κ2) is 5.58. The number of hydrogen-bond acceptors (Lipinski definition) is 1. The monoisotopic (exact) mass is 362 g/mol. The van der Waals surface area contributed by atoms with Gasteiger partial charge in [-0.2, -0.15) is 13.2 Å². The minimum atomic E-state index is -4.58. The van der Waals surface area contributed by atoms with Crippen molar-refractivity contribution in [2.24, 2.45) is 0 Å². The van der Waals surface area contributed by atoms with Crippen LogP contribution in [0.1, 0.15) is 21.5 Å². The molecule has 0 saturated heterocycles. The fraction of sp³-hybridized carbons (Fsp3) is 0.0714. The van der Waals surface area contributed by atoms with Crippen LogP contribution >= 0.6 is 27.5 Å². The van der Waals surface area contributed by atoms with Crippen molar-refractivity contribution >= 4 is 33.3 Å². The average Bonchev–Trinajstić information content (AvgIpc) is 2.40. The molecule has 6 heteroatoms. The van der Waals surface area contributed by atoms with Crippen LogP contribution in [-0.2, 0) is 6.18 Å². The molecule has 0 aliphatic rings. The third-order valence-corrected chi connectivity index (χ3v) is 3.89. The molecule has 0 heterocycles. The highest BCUT2D eigenvalue weighted by atomic mass is 79.9. The molecule has 0 bridgehead atoms. The molecule has 0 aliphatic carbocycles. The Morgan fingerprint density at radius 2 is 1.75 bits per heavy atom. The van der Waals surface area contributed by atoms with Crippen molar-refractivity contribution in [3.63, 3.8) is 0 Å². The van der Waals surface area contributed by atoms with Crippen LogP contribution in [-0.4, -0.2) is 5.78 Å². The summed E-state index contributed by atoms with van der Waals surface area (Å²) in [5, 5.41) is 0.264. The summed E-state index contributed by atoms with van der Waals surface area (Å²) in [4.78, 5) is 12.2. The Bertz CT molecular complexity index is 668. The normalized spacial score (nSPS) is 11.4. The Kier molecular flexibility index (Phi) is 4.20. The van der Waals surface area contributed by atoms with Gasteiger partial charge >= 0.3 is 6.18 Å². The minimum Gasteiger partial charge on any atom is -0.289 e. The SMILES string of the molecule is O=C(c1ccc(Br)c(Cl)c1)c1ccccc1C(F)(F)F. The van der Waals surface area contributed by atoms with Gasteiger partial charge in [-0.1, -0.05) is 29.8 Å². The molecule has 2 aromatic rings. The van der Waals surface area contributed by atoms with Gasteiger partial charge in [-0.3, -0.25) is 4.79 Å². The van der Waals surface area contributed by atoms with Crippen molar-refractivity contribution in [1.29, 1.82) is 0 Å². The predicted molar refractivity (Wildman–Crippen MR) is 74.0 cm³/mol. The molecule has 2 aromatic carbocycles. The molecule has 0 saturated carbocycles. The minimum absolute atomic E-state index is 0.106. The van der Waals surface area contributed by atoms with Crippen molar-refractivity contribution < 1.29 is 18.0 Å². The molecular weight excluding hydrogens is 357 g/mol. The first-order valence-corrected chi connectivity index (χ1v) is 6.64. The fourth-order valence-electron chi connectivity index (χ4n) is 1.72. The van der Waals surface area contributed by atoms with Crippen molar-refractivity contribution in [2.75, 3.05) is 0 Å². The Morgan fingerprint density at radius 1 is 1.10 bits per heavy atom. The van der Waals surface area contributed by atoms with E-state index >= 15 is 0 Å². The van der Waals surface area contributed by atoms with Crippen LogP contribution in [0.25, 0.3) is 0 Å². The van der Waals surface area contributed by atoms with Crippen molar-refractivity contribution in [2.45, 2.75) is 6.18 Å². The number of alkyl halides is 3. The molecule has 20 heavy (non-hydrogen) atoms. The van der Waals surface area contributed by atoms with Gasteiger partial charge in [-0.15, -0.1) is 0 Å². The highest BCUT2D eigenvalue weighted by Gasteiger charge is 2.34. The smallest absolute Gasteiger partial charge is 0.289 e. The molecule has 0 radical (unpaired) electrons. The molecule has 0 unspecified atom stereocenters. The Hall–Kier alpha value is -1.33. The maximum Gasteiger partial charge on any atom is 0.417 e. The highest BCUT2D eigenvalue weighted by Crippen LogP contribution is 2.33. The van der Waals surface area contributed by atoms with Crippen LogP contribution in [0.4, 0.5) is 13.2 Å². The lowest BCUT2D eigenvalue weighted by molar-refractivity contribution is -0.137. The van der Waals surface area contributed by atoms with Crippen molar-refractivity contribution in [1.82, 2.24) is 0 Å². The second-order valence-electron chi connectivity index (χ2n) is 4.00. The van der Waals surface area contributed by atoms with Gasteiger partial charge in [0.15, 0.2) is 5.78 Å². The standard InChI is InChI=1S/C14H7BrClF3O/c15-11-6-5-8(7-12(11)16)13(20)9-3-1-2-4-10(9)14(17,18)19/h1-7H. The van der Waals surface area contributed by atoms with Gasteiger partial charge in [-0.05, 0) is 40.2 Å². The number of rotatable bonds is 2. The first-order valence-electron chi connectivity index (χ1n) is 5.46. The average molecular weight is 364 g/mol. The van der Waals surface area contributed by atoms with E-state index in [0.29, 0.717) is 4.47 Å². The summed E-state index contributed by atoms with van der Waals surface area (Å²) in [7, 11) is 0. The summed E-state index contributed by atoms with van der Waals surface area (Å²) in [6, 6.07) is 8.95. The lowest BCUT2D eigenvalue weighted by Gasteiger charge is -2.12. The second-order valence-corrected chi connectivity index (χ2v) is 5.26. The molecule has 0 spiro atoms. The number of hydrogen-bond donors (Lipinski definition) is 0. The number of carbonyl (C=O) groups excluding carboxylic acids is 1. The predicted octanol–water partition coefficient (Wildman–Crippen LogP) is 5.35.